The van der Waals surface area contributed by atoms with Crippen LogP contribution in [0, 0.1) is 0 Å². The smallest absolute Gasteiger partial charge is 0.305 e. The van der Waals surface area contributed by atoms with Crippen LogP contribution < -0.4 is 5.32 Å². The molecule has 0 radical (unpaired) electrons. The molecule has 3 N–H and O–H groups in total. The minimum absolute atomic E-state index is 0.0229. The van der Waals surface area contributed by atoms with Gasteiger partial charge in [0.15, 0.2) is 0 Å². The van der Waals surface area contributed by atoms with E-state index in [9.17, 15) is 19.8 Å². The molecule has 6 nitrogen and oxygen atoms in total. The molecule has 0 spiro atoms. The minimum atomic E-state index is -0.840. The van der Waals surface area contributed by atoms with Crippen molar-refractivity contribution in [2.45, 2.75) is 437 Å². The molecule has 2 unspecified atom stereocenters. The number of hydrogen-bond donors (Lipinski definition) is 3. The summed E-state index contributed by atoms with van der Waals surface area (Å²) >= 11 is 0. The molecule has 0 saturated heterocycles. The maximum absolute atomic E-state index is 12.5. The fourth-order valence-corrected chi connectivity index (χ4v) is 11.9. The molecule has 0 aliphatic carbocycles. The summed E-state index contributed by atoms with van der Waals surface area (Å²) in [7, 11) is 0. The lowest BCUT2D eigenvalue weighted by Gasteiger charge is -2.20. The largest absolute Gasteiger partial charge is 0.466 e. The maximum atomic E-state index is 12.5. The number of amides is 1. The first-order valence-corrected chi connectivity index (χ1v) is 37.0. The number of unbranched alkanes of at least 4 members (excludes halogenated alkanes) is 59. The fraction of sp³-hybridized carbons (Fsp3) is 0.946. The van der Waals surface area contributed by atoms with E-state index in [1.54, 1.807) is 6.08 Å². The second-order valence-electron chi connectivity index (χ2n) is 25.6. The molecule has 0 saturated carbocycles. The van der Waals surface area contributed by atoms with Crippen molar-refractivity contribution in [2.24, 2.45) is 0 Å². The van der Waals surface area contributed by atoms with Gasteiger partial charge in [-0.1, -0.05) is 392 Å². The molecule has 0 aromatic heterocycles. The van der Waals surface area contributed by atoms with E-state index in [1.807, 2.05) is 6.08 Å². The Morgan fingerprint density at radius 2 is 0.575 bits per heavy atom. The van der Waals surface area contributed by atoms with Crippen LogP contribution in [0.15, 0.2) is 12.2 Å². The first kappa shape index (κ1) is 78.6. The number of rotatable bonds is 70. The third-order valence-electron chi connectivity index (χ3n) is 17.6. The van der Waals surface area contributed by atoms with Crippen molar-refractivity contribution in [3.63, 3.8) is 0 Å². The quantitative estimate of drug-likeness (QED) is 0.0320. The highest BCUT2D eigenvalue weighted by Gasteiger charge is 2.18. The van der Waals surface area contributed by atoms with Crippen molar-refractivity contribution in [2.75, 3.05) is 13.2 Å². The van der Waals surface area contributed by atoms with Gasteiger partial charge in [-0.3, -0.25) is 9.59 Å². The van der Waals surface area contributed by atoms with Crippen LogP contribution >= 0.6 is 0 Å². The van der Waals surface area contributed by atoms with Crippen LogP contribution in [-0.2, 0) is 14.3 Å². The summed E-state index contributed by atoms with van der Waals surface area (Å²) in [5.41, 5.74) is 0. The van der Waals surface area contributed by atoms with E-state index in [-0.39, 0.29) is 18.5 Å². The van der Waals surface area contributed by atoms with Gasteiger partial charge in [-0.25, -0.2) is 0 Å². The highest BCUT2D eigenvalue weighted by Crippen LogP contribution is 2.20. The molecule has 0 aromatic rings. The summed E-state index contributed by atoms with van der Waals surface area (Å²) < 4.78 is 5.48. The van der Waals surface area contributed by atoms with E-state index in [1.165, 1.54) is 360 Å². The van der Waals surface area contributed by atoms with Gasteiger partial charge >= 0.3 is 5.97 Å². The van der Waals surface area contributed by atoms with E-state index in [2.05, 4.69) is 19.2 Å². The number of aliphatic hydroxyl groups is 2. The third kappa shape index (κ3) is 65.7. The second-order valence-corrected chi connectivity index (χ2v) is 25.6. The topological polar surface area (TPSA) is 95.9 Å². The number of carbonyl (C=O) groups is 2. The molecule has 0 bridgehead atoms. The average molecular weight is 1130 g/mol. The molecule has 2 atom stereocenters. The molecule has 0 heterocycles. The SMILES string of the molecule is CCCCCCCCCCCCCCCCC/C=C/C(O)C(CO)NC(=O)CCCCCCCCCCCCCCCCCCCCCCCCCCCCCCCCCCCCCOC(=O)CCCCCCCCCCCCC. The van der Waals surface area contributed by atoms with E-state index < -0.39 is 12.1 Å². The van der Waals surface area contributed by atoms with Gasteiger partial charge in [-0.05, 0) is 32.1 Å². The van der Waals surface area contributed by atoms with Crippen molar-refractivity contribution in [1.29, 1.82) is 0 Å². The predicted molar refractivity (Wildman–Crippen MR) is 352 cm³/mol. The molecule has 0 fully saturated rings. The van der Waals surface area contributed by atoms with Gasteiger partial charge in [0.05, 0.1) is 25.4 Å². The zero-order valence-corrected chi connectivity index (χ0v) is 54.6. The standard InChI is InChI=1S/C74H145NO5/c1-3-5-7-9-11-13-15-16-17-37-40-43-47-50-54-58-62-66-72(77)71(70-76)75-73(78)67-63-59-55-51-48-44-41-38-35-33-31-29-27-25-23-21-19-18-20-22-24-26-28-30-32-34-36-39-42-45-49-53-57-61-65-69-80-74(79)68-64-60-56-52-46-14-12-10-8-6-4-2/h62,66,71-72,76-77H,3-61,63-65,67-70H2,1-2H3,(H,75,78)/b66-62+. The highest BCUT2D eigenvalue weighted by molar-refractivity contribution is 5.76. The Hall–Kier alpha value is -1.40. The molecule has 6 heteroatoms. The Labute approximate surface area is 501 Å². The average Bonchev–Trinajstić information content (AvgIpc) is 3.46. The number of nitrogens with one attached hydrogen (secondary N) is 1. The van der Waals surface area contributed by atoms with Crippen molar-refractivity contribution < 1.29 is 24.5 Å². The van der Waals surface area contributed by atoms with Gasteiger partial charge in [0.2, 0.25) is 5.91 Å². The summed E-state index contributed by atoms with van der Waals surface area (Å²) in [6, 6.07) is -0.623. The third-order valence-corrected chi connectivity index (χ3v) is 17.6. The number of carbonyl (C=O) groups excluding carboxylic acids is 2. The molecular formula is C74H145NO5. The number of aliphatic hydroxyl groups excluding tert-OH is 2. The lowest BCUT2D eigenvalue weighted by atomic mass is 10.0. The van der Waals surface area contributed by atoms with E-state index in [4.69, 9.17) is 4.74 Å². The summed E-state index contributed by atoms with van der Waals surface area (Å²) in [5.74, 6) is -0.0359. The molecule has 0 aliphatic rings. The summed E-state index contributed by atoms with van der Waals surface area (Å²) in [6.07, 6.45) is 87.5. The monoisotopic (exact) mass is 1130 g/mol. The normalized spacial score (nSPS) is 12.5. The Morgan fingerprint density at radius 1 is 0.338 bits per heavy atom. The van der Waals surface area contributed by atoms with Crippen LogP contribution in [0.3, 0.4) is 0 Å². The minimum Gasteiger partial charge on any atom is -0.466 e. The van der Waals surface area contributed by atoms with Crippen LogP contribution in [0.1, 0.15) is 425 Å². The number of hydrogen-bond acceptors (Lipinski definition) is 5. The van der Waals surface area contributed by atoms with Crippen molar-refractivity contribution in [3.05, 3.63) is 12.2 Å². The summed E-state index contributed by atoms with van der Waals surface area (Å²) in [6.45, 7) is 4.95. The molecule has 80 heavy (non-hydrogen) atoms. The summed E-state index contributed by atoms with van der Waals surface area (Å²) in [5, 5.41) is 23.2. The second kappa shape index (κ2) is 70.1. The number of esters is 1. The Bertz CT molecular complexity index is 1210. The number of ether oxygens (including phenoxy) is 1. The molecule has 0 aliphatic heterocycles. The van der Waals surface area contributed by atoms with Gasteiger partial charge in [0.25, 0.3) is 0 Å². The first-order valence-electron chi connectivity index (χ1n) is 37.0. The van der Waals surface area contributed by atoms with Crippen LogP contribution in [-0.4, -0.2) is 47.4 Å². The number of allylic oxidation sites excluding steroid dienone is 1. The molecule has 1 amide bonds. The molecule has 0 aromatic carbocycles. The van der Waals surface area contributed by atoms with Gasteiger partial charge in [-0.2, -0.15) is 0 Å². The van der Waals surface area contributed by atoms with E-state index in [0.717, 1.165) is 38.5 Å². The highest BCUT2D eigenvalue weighted by atomic mass is 16.5. The van der Waals surface area contributed by atoms with Crippen molar-refractivity contribution >= 4 is 11.9 Å². The molecular weight excluding hydrogens is 983 g/mol. The molecule has 0 rings (SSSR count). The zero-order valence-electron chi connectivity index (χ0n) is 54.6. The van der Waals surface area contributed by atoms with Crippen LogP contribution in [0.5, 0.6) is 0 Å². The first-order chi connectivity index (χ1) is 39.5. The Kier molecular flexibility index (Phi) is 68.9. The van der Waals surface area contributed by atoms with Crippen molar-refractivity contribution in [1.82, 2.24) is 5.32 Å². The predicted octanol–water partition coefficient (Wildman–Crippen LogP) is 23.9. The Balaban J connectivity index is 3.32. The van der Waals surface area contributed by atoms with Crippen LogP contribution in [0.25, 0.3) is 0 Å². The zero-order chi connectivity index (χ0) is 57.8. The lowest BCUT2D eigenvalue weighted by Crippen LogP contribution is -2.45. The van der Waals surface area contributed by atoms with Gasteiger partial charge in [-0.15, -0.1) is 0 Å². The van der Waals surface area contributed by atoms with Crippen LogP contribution in [0.4, 0.5) is 0 Å². The lowest BCUT2D eigenvalue weighted by molar-refractivity contribution is -0.143. The van der Waals surface area contributed by atoms with Gasteiger partial charge < -0.3 is 20.3 Å². The van der Waals surface area contributed by atoms with E-state index in [0.29, 0.717) is 19.4 Å². The Morgan fingerprint density at radius 3 is 0.850 bits per heavy atom. The fourth-order valence-electron chi connectivity index (χ4n) is 11.9. The molecule has 476 valence electrons. The van der Waals surface area contributed by atoms with E-state index >= 15 is 0 Å². The van der Waals surface area contributed by atoms with Crippen molar-refractivity contribution in [3.8, 4) is 0 Å². The van der Waals surface area contributed by atoms with Gasteiger partial charge in [0.1, 0.15) is 0 Å². The van der Waals surface area contributed by atoms with Gasteiger partial charge in [0, 0.05) is 12.8 Å². The summed E-state index contributed by atoms with van der Waals surface area (Å²) in [4.78, 5) is 24.5. The maximum Gasteiger partial charge on any atom is 0.305 e. The van der Waals surface area contributed by atoms with Crippen LogP contribution in [0.2, 0.25) is 0 Å².